The zero-order valence-electron chi connectivity index (χ0n) is 19.1. The molecular weight excluding hydrogens is 362 g/mol. The lowest BCUT2D eigenvalue weighted by Crippen LogP contribution is -2.29. The fourth-order valence-corrected chi connectivity index (χ4v) is 3.82. The fraction of sp³-hybridized carbons (Fsp3) is 0.760. The molecule has 4 nitrogen and oxygen atoms in total. The lowest BCUT2D eigenvalue weighted by Gasteiger charge is -2.19. The number of carbonyl (C=O) groups excluding carboxylic acids is 2. The van der Waals surface area contributed by atoms with Gasteiger partial charge < -0.3 is 10.1 Å². The average Bonchev–Trinajstić information content (AvgIpc) is 2.72. The van der Waals surface area contributed by atoms with Crippen LogP contribution in [0.5, 0.6) is 0 Å². The van der Waals surface area contributed by atoms with Gasteiger partial charge in [0.15, 0.2) is 5.76 Å². The first-order valence-corrected chi connectivity index (χ1v) is 12.0. The van der Waals surface area contributed by atoms with Gasteiger partial charge in [-0.1, -0.05) is 90.9 Å². The maximum Gasteiger partial charge on any atom is 0.222 e. The highest BCUT2D eigenvalue weighted by Gasteiger charge is 2.28. The largest absolute Gasteiger partial charge is 0.492 e. The summed E-state index contributed by atoms with van der Waals surface area (Å²) in [5, 5.41) is 3.16. The summed E-state index contributed by atoms with van der Waals surface area (Å²) >= 11 is 0. The van der Waals surface area contributed by atoms with Gasteiger partial charge in [0, 0.05) is 18.2 Å². The molecule has 29 heavy (non-hydrogen) atoms. The van der Waals surface area contributed by atoms with Gasteiger partial charge in [0.1, 0.15) is 0 Å². The second kappa shape index (κ2) is 16.2. The monoisotopic (exact) mass is 405 g/mol. The van der Waals surface area contributed by atoms with E-state index in [1.54, 1.807) is 0 Å². The topological polar surface area (TPSA) is 55.4 Å². The number of allylic oxidation sites excluding steroid dienone is 2. The van der Waals surface area contributed by atoms with E-state index < -0.39 is 0 Å². The van der Waals surface area contributed by atoms with Crippen molar-refractivity contribution in [3.63, 3.8) is 0 Å². The Morgan fingerprint density at radius 3 is 1.83 bits per heavy atom. The zero-order valence-corrected chi connectivity index (χ0v) is 19.1. The molecule has 0 amide bonds. The van der Waals surface area contributed by atoms with Crippen molar-refractivity contribution in [3.8, 4) is 0 Å². The van der Waals surface area contributed by atoms with Crippen molar-refractivity contribution >= 4 is 11.6 Å². The van der Waals surface area contributed by atoms with E-state index in [1.165, 1.54) is 71.0 Å². The van der Waals surface area contributed by atoms with Crippen LogP contribution in [-0.4, -0.2) is 25.2 Å². The molecule has 0 bridgehead atoms. The summed E-state index contributed by atoms with van der Waals surface area (Å²) in [5.74, 6) is -0.0191. The Labute approximate surface area is 178 Å². The minimum Gasteiger partial charge on any atom is -0.492 e. The number of rotatable bonds is 18. The first-order chi connectivity index (χ1) is 14.2. The molecule has 0 heterocycles. The van der Waals surface area contributed by atoms with Gasteiger partial charge in [-0.15, -0.1) is 0 Å². The lowest BCUT2D eigenvalue weighted by atomic mass is 9.93. The van der Waals surface area contributed by atoms with Crippen LogP contribution in [0, 0.1) is 0 Å². The number of carbonyl (C=O) groups is 2. The van der Waals surface area contributed by atoms with E-state index in [0.717, 1.165) is 38.6 Å². The van der Waals surface area contributed by atoms with Crippen molar-refractivity contribution in [2.45, 2.75) is 110 Å². The van der Waals surface area contributed by atoms with Gasteiger partial charge in [-0.2, -0.15) is 0 Å². The molecular formula is C25H43NO3. The summed E-state index contributed by atoms with van der Waals surface area (Å²) in [5.41, 5.74) is 0.985. The third-order valence-electron chi connectivity index (χ3n) is 5.62. The Kier molecular flexibility index (Phi) is 14.3. The molecule has 1 rings (SSSR count). The first kappa shape index (κ1) is 25.5. The molecule has 1 aliphatic carbocycles. The molecule has 4 heteroatoms. The number of Topliss-reactive ketones (excluding diaryl/α,β-unsaturated/α-hetero) is 1. The molecule has 0 saturated heterocycles. The van der Waals surface area contributed by atoms with Crippen LogP contribution in [0.2, 0.25) is 0 Å². The molecule has 166 valence electrons. The maximum absolute atomic E-state index is 12.8. The molecule has 1 N–H and O–H groups in total. The van der Waals surface area contributed by atoms with Crippen LogP contribution in [0.25, 0.3) is 0 Å². The van der Waals surface area contributed by atoms with E-state index in [9.17, 15) is 9.59 Å². The molecule has 0 radical (unpaired) electrons. The molecule has 0 atom stereocenters. The quantitative estimate of drug-likeness (QED) is 0.212. The third-order valence-corrected chi connectivity index (χ3v) is 5.62. The van der Waals surface area contributed by atoms with Crippen LogP contribution in [0.4, 0.5) is 0 Å². The van der Waals surface area contributed by atoms with Crippen molar-refractivity contribution in [1.29, 1.82) is 0 Å². The smallest absolute Gasteiger partial charge is 0.222 e. The molecule has 0 saturated carbocycles. The Hall–Kier alpha value is -1.58. The van der Waals surface area contributed by atoms with Crippen LogP contribution in [0.3, 0.4) is 0 Å². The highest BCUT2D eigenvalue weighted by molar-refractivity contribution is 6.21. The summed E-state index contributed by atoms with van der Waals surface area (Å²) in [7, 11) is 1.48. The number of methoxy groups -OCH3 is 1. The highest BCUT2D eigenvalue weighted by Crippen LogP contribution is 2.24. The number of hydrogen-bond donors (Lipinski definition) is 1. The van der Waals surface area contributed by atoms with Crippen molar-refractivity contribution in [1.82, 2.24) is 5.32 Å². The van der Waals surface area contributed by atoms with Crippen LogP contribution in [0.1, 0.15) is 110 Å². The van der Waals surface area contributed by atoms with E-state index in [2.05, 4.69) is 19.2 Å². The minimum absolute atomic E-state index is 0.0648. The van der Waals surface area contributed by atoms with E-state index in [1.807, 2.05) is 0 Å². The van der Waals surface area contributed by atoms with E-state index in [-0.39, 0.29) is 17.3 Å². The van der Waals surface area contributed by atoms with Crippen molar-refractivity contribution in [2.24, 2.45) is 0 Å². The summed E-state index contributed by atoms with van der Waals surface area (Å²) in [6.07, 6.45) is 19.2. The maximum atomic E-state index is 12.8. The molecule has 0 aromatic carbocycles. The van der Waals surface area contributed by atoms with E-state index >= 15 is 0 Å². The van der Waals surface area contributed by atoms with Gasteiger partial charge in [-0.3, -0.25) is 9.59 Å². The first-order valence-electron chi connectivity index (χ1n) is 12.0. The van der Waals surface area contributed by atoms with Crippen LogP contribution in [-0.2, 0) is 14.3 Å². The molecule has 1 aliphatic rings. The molecule has 0 fully saturated rings. The third kappa shape index (κ3) is 10.1. The Morgan fingerprint density at radius 1 is 0.759 bits per heavy atom. The summed E-state index contributed by atoms with van der Waals surface area (Å²) in [6, 6.07) is 0. The van der Waals surface area contributed by atoms with Gasteiger partial charge in [0.05, 0.1) is 12.8 Å². The van der Waals surface area contributed by atoms with Crippen LogP contribution < -0.4 is 5.32 Å². The fourth-order valence-electron chi connectivity index (χ4n) is 3.82. The van der Waals surface area contributed by atoms with Crippen LogP contribution >= 0.6 is 0 Å². The zero-order chi connectivity index (χ0) is 21.3. The van der Waals surface area contributed by atoms with E-state index in [0.29, 0.717) is 17.7 Å². The Morgan fingerprint density at radius 2 is 1.28 bits per heavy atom. The normalized spacial score (nSPS) is 14.4. The summed E-state index contributed by atoms with van der Waals surface area (Å²) in [6.45, 7) is 5.13. The summed E-state index contributed by atoms with van der Waals surface area (Å²) < 4.78 is 5.27. The SMILES string of the molecule is CCCCCCCCCCCCCC1=C(OC)C(=O)C=C(NCCCCC)C1=O. The Balaban J connectivity index is 2.31. The number of unbranched alkanes of at least 4 members (excludes halogenated alkanes) is 12. The second-order valence-corrected chi connectivity index (χ2v) is 8.18. The Bertz CT molecular complexity index is 548. The van der Waals surface area contributed by atoms with Crippen molar-refractivity contribution in [3.05, 3.63) is 23.1 Å². The molecule has 0 spiro atoms. The minimum atomic E-state index is -0.192. The van der Waals surface area contributed by atoms with Gasteiger partial charge in [-0.25, -0.2) is 0 Å². The number of ketones is 2. The summed E-state index contributed by atoms with van der Waals surface area (Å²) in [4.78, 5) is 25.1. The standard InChI is InChI=1S/C25H43NO3/c1-4-6-8-9-10-11-12-13-14-15-16-18-21-24(28)22(26-19-17-7-5-2)20-23(27)25(21)29-3/h20,26H,4-19H2,1-3H3. The van der Waals surface area contributed by atoms with Gasteiger partial charge in [0.25, 0.3) is 0 Å². The molecule has 0 aromatic heterocycles. The number of ether oxygens (including phenoxy) is 1. The predicted molar refractivity (Wildman–Crippen MR) is 121 cm³/mol. The van der Waals surface area contributed by atoms with Crippen molar-refractivity contribution < 1.29 is 14.3 Å². The number of hydrogen-bond acceptors (Lipinski definition) is 4. The number of nitrogens with one attached hydrogen (secondary N) is 1. The molecule has 0 unspecified atom stereocenters. The van der Waals surface area contributed by atoms with Crippen LogP contribution in [0.15, 0.2) is 23.1 Å². The molecule has 0 aliphatic heterocycles. The molecule has 0 aromatic rings. The predicted octanol–water partition coefficient (Wildman–Crippen LogP) is 6.40. The van der Waals surface area contributed by atoms with Gasteiger partial charge >= 0.3 is 0 Å². The van der Waals surface area contributed by atoms with Gasteiger partial charge in [0.2, 0.25) is 11.6 Å². The van der Waals surface area contributed by atoms with Crippen molar-refractivity contribution in [2.75, 3.05) is 13.7 Å². The van der Waals surface area contributed by atoms with Gasteiger partial charge in [-0.05, 0) is 19.3 Å². The highest BCUT2D eigenvalue weighted by atomic mass is 16.5. The second-order valence-electron chi connectivity index (χ2n) is 8.18. The average molecular weight is 406 g/mol. The lowest BCUT2D eigenvalue weighted by molar-refractivity contribution is -0.118. The van der Waals surface area contributed by atoms with E-state index in [4.69, 9.17) is 4.74 Å².